The Hall–Kier alpha value is -1.06. The number of rotatable bonds is 7. The maximum atomic E-state index is 12.2. The Labute approximate surface area is 160 Å². The second-order valence-corrected chi connectivity index (χ2v) is 9.09. The van der Waals surface area contributed by atoms with E-state index in [1.165, 1.54) is 25.7 Å². The van der Waals surface area contributed by atoms with Crippen molar-refractivity contribution in [2.75, 3.05) is 0 Å². The summed E-state index contributed by atoms with van der Waals surface area (Å²) >= 11 is 0. The van der Waals surface area contributed by atoms with Crippen LogP contribution >= 0.6 is 0 Å². The Morgan fingerprint density at radius 1 is 0.692 bits per heavy atom. The number of carbonyl (C=O) groups excluding carboxylic acids is 2. The first kappa shape index (κ1) is 21.2. The molecule has 150 valence electrons. The normalized spacial score (nSPS) is 34.9. The van der Waals surface area contributed by atoms with Crippen molar-refractivity contribution in [1.29, 1.82) is 0 Å². The van der Waals surface area contributed by atoms with Gasteiger partial charge in [-0.2, -0.15) is 0 Å². The lowest BCUT2D eigenvalue weighted by Gasteiger charge is -2.34. The Bertz CT molecular complexity index is 423. The van der Waals surface area contributed by atoms with Gasteiger partial charge in [0.1, 0.15) is 0 Å². The quantitative estimate of drug-likeness (QED) is 0.657. The minimum absolute atomic E-state index is 0.158. The number of carbonyl (C=O) groups is 2. The molecule has 0 aliphatic heterocycles. The van der Waals surface area contributed by atoms with Gasteiger partial charge in [0.15, 0.2) is 0 Å². The van der Waals surface area contributed by atoms with Crippen LogP contribution in [0, 0.1) is 23.7 Å². The summed E-state index contributed by atoms with van der Waals surface area (Å²) in [6, 6.07) is 0.675. The maximum Gasteiger partial charge on any atom is 0.220 e. The van der Waals surface area contributed by atoms with Crippen molar-refractivity contribution < 1.29 is 9.59 Å². The monoisotopic (exact) mass is 364 g/mol. The van der Waals surface area contributed by atoms with Crippen molar-refractivity contribution in [1.82, 2.24) is 10.6 Å². The molecule has 0 unspecified atom stereocenters. The minimum atomic E-state index is 0.158. The highest BCUT2D eigenvalue weighted by molar-refractivity contribution is 5.77. The van der Waals surface area contributed by atoms with Crippen LogP contribution in [0.15, 0.2) is 0 Å². The molecule has 2 saturated carbocycles. The highest BCUT2D eigenvalue weighted by Crippen LogP contribution is 2.30. The van der Waals surface area contributed by atoms with E-state index in [0.717, 1.165) is 25.7 Å². The van der Waals surface area contributed by atoms with E-state index in [4.69, 9.17) is 0 Å². The van der Waals surface area contributed by atoms with Gasteiger partial charge in [-0.3, -0.25) is 9.59 Å². The van der Waals surface area contributed by atoms with E-state index in [2.05, 4.69) is 38.3 Å². The second kappa shape index (κ2) is 10.3. The van der Waals surface area contributed by atoms with E-state index in [1.54, 1.807) is 0 Å². The van der Waals surface area contributed by atoms with Gasteiger partial charge in [-0.25, -0.2) is 0 Å². The van der Waals surface area contributed by atoms with Gasteiger partial charge in [0.25, 0.3) is 0 Å². The first-order chi connectivity index (χ1) is 12.4. The van der Waals surface area contributed by atoms with Gasteiger partial charge in [0.2, 0.25) is 11.8 Å². The zero-order valence-electron chi connectivity index (χ0n) is 17.4. The van der Waals surface area contributed by atoms with E-state index >= 15 is 0 Å². The molecule has 4 heteroatoms. The van der Waals surface area contributed by atoms with Gasteiger partial charge in [0.05, 0.1) is 0 Å². The summed E-state index contributed by atoms with van der Waals surface area (Å²) in [4.78, 5) is 24.4. The SMILES string of the molecule is C[C@@H]1[C@@H](C)CCC[C@H]1NC(=O)CCCCC(=O)N[C@@H]1CCC[C@H](C)[C@@H]1C. The van der Waals surface area contributed by atoms with Crippen molar-refractivity contribution in [2.24, 2.45) is 23.7 Å². The summed E-state index contributed by atoms with van der Waals surface area (Å²) < 4.78 is 0. The predicted molar refractivity (Wildman–Crippen MR) is 107 cm³/mol. The molecular formula is C22H40N2O2. The summed E-state index contributed by atoms with van der Waals surface area (Å²) in [6.07, 6.45) is 9.89. The van der Waals surface area contributed by atoms with Crippen LogP contribution in [0.1, 0.15) is 91.9 Å². The Balaban J connectivity index is 1.59. The molecule has 0 aromatic heterocycles. The van der Waals surface area contributed by atoms with E-state index < -0.39 is 0 Å². The topological polar surface area (TPSA) is 58.2 Å². The van der Waals surface area contributed by atoms with Gasteiger partial charge in [-0.05, 0) is 49.4 Å². The highest BCUT2D eigenvalue weighted by atomic mass is 16.2. The lowest BCUT2D eigenvalue weighted by atomic mass is 9.78. The molecule has 2 amide bonds. The van der Waals surface area contributed by atoms with Crippen LogP contribution in [-0.4, -0.2) is 23.9 Å². The molecular weight excluding hydrogens is 324 g/mol. The Kier molecular flexibility index (Phi) is 8.43. The van der Waals surface area contributed by atoms with Crippen LogP contribution in [0.25, 0.3) is 0 Å². The standard InChI is InChI=1S/C22H40N2O2/c1-15-9-7-11-19(17(15)3)23-21(25)13-5-6-14-22(26)24-20-12-8-10-16(2)18(20)4/h15-20H,5-14H2,1-4H3,(H,23,25)(H,24,26)/t15-,16-,17-,18+,19+,20+/m0/s1. The predicted octanol–water partition coefficient (Wildman–Crippen LogP) is 4.43. The molecule has 0 heterocycles. The zero-order valence-corrected chi connectivity index (χ0v) is 17.4. The molecule has 0 bridgehead atoms. The average Bonchev–Trinajstić information content (AvgIpc) is 2.60. The molecule has 0 aromatic rings. The molecule has 2 fully saturated rings. The van der Waals surface area contributed by atoms with E-state index in [-0.39, 0.29) is 11.8 Å². The zero-order chi connectivity index (χ0) is 19.1. The van der Waals surface area contributed by atoms with Crippen LogP contribution < -0.4 is 10.6 Å². The Morgan fingerprint density at radius 2 is 1.08 bits per heavy atom. The third kappa shape index (κ3) is 6.28. The van der Waals surface area contributed by atoms with Crippen LogP contribution in [0.2, 0.25) is 0 Å². The number of hydrogen-bond acceptors (Lipinski definition) is 2. The minimum Gasteiger partial charge on any atom is -0.353 e. The molecule has 0 saturated heterocycles. The van der Waals surface area contributed by atoms with Crippen molar-refractivity contribution in [3.63, 3.8) is 0 Å². The third-order valence-corrected chi connectivity index (χ3v) is 7.16. The highest BCUT2D eigenvalue weighted by Gasteiger charge is 2.29. The van der Waals surface area contributed by atoms with E-state index in [9.17, 15) is 9.59 Å². The van der Waals surface area contributed by atoms with Crippen molar-refractivity contribution in [2.45, 2.75) is 104 Å². The number of hydrogen-bond donors (Lipinski definition) is 2. The lowest BCUT2D eigenvalue weighted by molar-refractivity contribution is -0.124. The van der Waals surface area contributed by atoms with Gasteiger partial charge in [-0.1, -0.05) is 53.4 Å². The van der Waals surface area contributed by atoms with Crippen LogP contribution in [0.4, 0.5) is 0 Å². The summed E-state index contributed by atoms with van der Waals surface area (Å²) in [5, 5.41) is 6.45. The molecule has 26 heavy (non-hydrogen) atoms. The maximum absolute atomic E-state index is 12.2. The second-order valence-electron chi connectivity index (χ2n) is 9.09. The lowest BCUT2D eigenvalue weighted by Crippen LogP contribution is -2.44. The molecule has 2 rings (SSSR count). The molecule has 6 atom stereocenters. The van der Waals surface area contributed by atoms with Crippen LogP contribution in [0.3, 0.4) is 0 Å². The van der Waals surface area contributed by atoms with Gasteiger partial charge < -0.3 is 10.6 Å². The fraction of sp³-hybridized carbons (Fsp3) is 0.909. The third-order valence-electron chi connectivity index (χ3n) is 7.16. The summed E-state index contributed by atoms with van der Waals surface area (Å²) in [6.45, 7) is 9.09. The molecule has 2 aliphatic carbocycles. The average molecular weight is 365 g/mol. The summed E-state index contributed by atoms with van der Waals surface area (Å²) in [7, 11) is 0. The van der Waals surface area contributed by atoms with Crippen molar-refractivity contribution in [3.05, 3.63) is 0 Å². The molecule has 0 aromatic carbocycles. The smallest absolute Gasteiger partial charge is 0.220 e. The largest absolute Gasteiger partial charge is 0.353 e. The van der Waals surface area contributed by atoms with Gasteiger partial charge >= 0.3 is 0 Å². The Morgan fingerprint density at radius 3 is 1.46 bits per heavy atom. The molecule has 4 nitrogen and oxygen atoms in total. The molecule has 0 spiro atoms. The van der Waals surface area contributed by atoms with Gasteiger partial charge in [-0.15, -0.1) is 0 Å². The van der Waals surface area contributed by atoms with Crippen LogP contribution in [0.5, 0.6) is 0 Å². The van der Waals surface area contributed by atoms with Crippen molar-refractivity contribution >= 4 is 11.8 Å². The molecule has 0 radical (unpaired) electrons. The van der Waals surface area contributed by atoms with E-state index in [0.29, 0.717) is 48.6 Å². The fourth-order valence-corrected chi connectivity index (χ4v) is 4.70. The number of amides is 2. The van der Waals surface area contributed by atoms with Gasteiger partial charge in [0, 0.05) is 24.9 Å². The van der Waals surface area contributed by atoms with Crippen molar-refractivity contribution in [3.8, 4) is 0 Å². The molecule has 2 N–H and O–H groups in total. The molecule has 2 aliphatic rings. The number of nitrogens with one attached hydrogen (secondary N) is 2. The summed E-state index contributed by atoms with van der Waals surface area (Å²) in [5.74, 6) is 2.85. The van der Waals surface area contributed by atoms with Crippen LogP contribution in [-0.2, 0) is 9.59 Å². The first-order valence-corrected chi connectivity index (χ1v) is 11.0. The fourth-order valence-electron chi connectivity index (χ4n) is 4.70. The number of unbranched alkanes of at least 4 members (excludes halogenated alkanes) is 1. The first-order valence-electron chi connectivity index (χ1n) is 11.0. The van der Waals surface area contributed by atoms with E-state index in [1.807, 2.05) is 0 Å². The summed E-state index contributed by atoms with van der Waals surface area (Å²) in [5.41, 5.74) is 0.